The fourth-order valence-corrected chi connectivity index (χ4v) is 2.78. The molecule has 0 saturated heterocycles. The first kappa shape index (κ1) is 12.2. The topological polar surface area (TPSA) is 29.3 Å². The van der Waals surface area contributed by atoms with Crippen molar-refractivity contribution in [2.75, 3.05) is 11.6 Å². The van der Waals surface area contributed by atoms with E-state index in [1.807, 2.05) is 12.1 Å². The Balaban J connectivity index is 1.93. The quantitative estimate of drug-likeness (QED) is 0.794. The van der Waals surface area contributed by atoms with Crippen molar-refractivity contribution in [2.24, 2.45) is 5.84 Å². The molecule has 0 fully saturated rings. The van der Waals surface area contributed by atoms with Crippen LogP contribution in [-0.2, 0) is 6.42 Å². The van der Waals surface area contributed by atoms with Crippen LogP contribution in [0.2, 0.25) is 0 Å². The summed E-state index contributed by atoms with van der Waals surface area (Å²) >= 11 is 0. The van der Waals surface area contributed by atoms with Gasteiger partial charge >= 0.3 is 0 Å². The molecule has 0 aromatic heterocycles. The monoisotopic (exact) mass is 256 g/mol. The molecule has 0 spiro atoms. The average Bonchev–Trinajstić information content (AvgIpc) is 2.38. The highest BCUT2D eigenvalue weighted by Gasteiger charge is 2.23. The molecule has 1 unspecified atom stereocenters. The van der Waals surface area contributed by atoms with Gasteiger partial charge in [0.1, 0.15) is 5.82 Å². The van der Waals surface area contributed by atoms with Crippen LogP contribution in [0.3, 0.4) is 0 Å². The predicted octanol–water partition coefficient (Wildman–Crippen LogP) is 3.15. The van der Waals surface area contributed by atoms with Crippen molar-refractivity contribution in [3.63, 3.8) is 0 Å². The average molecular weight is 256 g/mol. The maximum Gasteiger partial charge on any atom is 0.123 e. The van der Waals surface area contributed by atoms with E-state index in [0.29, 0.717) is 5.92 Å². The summed E-state index contributed by atoms with van der Waals surface area (Å²) in [6.07, 6.45) is 0.955. The molecule has 98 valence electrons. The van der Waals surface area contributed by atoms with E-state index in [1.165, 1.54) is 23.3 Å². The molecule has 0 bridgehead atoms. The Bertz CT molecular complexity index is 592. The van der Waals surface area contributed by atoms with Crippen LogP contribution < -0.4 is 10.9 Å². The summed E-state index contributed by atoms with van der Waals surface area (Å²) in [5.41, 5.74) is 4.75. The van der Waals surface area contributed by atoms with E-state index < -0.39 is 0 Å². The number of nitrogens with two attached hydrogens (primary N) is 1. The number of benzene rings is 2. The summed E-state index contributed by atoms with van der Waals surface area (Å²) in [5.74, 6) is 6.24. The molecule has 3 rings (SSSR count). The number of nitrogens with zero attached hydrogens (tertiary/aromatic N) is 1. The first-order chi connectivity index (χ1) is 9.13. The van der Waals surface area contributed by atoms with Crippen LogP contribution >= 0.6 is 0 Å². The molecule has 0 amide bonds. The maximum atomic E-state index is 13.0. The Morgan fingerprint density at radius 3 is 2.63 bits per heavy atom. The van der Waals surface area contributed by atoms with Crippen LogP contribution in [0.4, 0.5) is 10.1 Å². The summed E-state index contributed by atoms with van der Waals surface area (Å²) in [6.45, 7) is 2.85. The highest BCUT2D eigenvalue weighted by Crippen LogP contribution is 2.33. The molecule has 1 aliphatic heterocycles. The lowest BCUT2D eigenvalue weighted by atomic mass is 9.87. The molecule has 2 aromatic carbocycles. The van der Waals surface area contributed by atoms with Gasteiger partial charge in [-0.05, 0) is 42.7 Å². The van der Waals surface area contributed by atoms with Crippen molar-refractivity contribution in [2.45, 2.75) is 19.3 Å². The van der Waals surface area contributed by atoms with Gasteiger partial charge in [-0.2, -0.15) is 0 Å². The molecule has 0 saturated carbocycles. The van der Waals surface area contributed by atoms with Crippen LogP contribution in [0, 0.1) is 12.7 Å². The zero-order valence-corrected chi connectivity index (χ0v) is 10.9. The minimum absolute atomic E-state index is 0.194. The number of aryl methyl sites for hydroxylation is 1. The SMILES string of the molecule is Cc1ccc2c(c1)CC(c1ccc(F)cc1)CN2N. The molecular formula is C16H17FN2. The van der Waals surface area contributed by atoms with E-state index in [0.717, 1.165) is 24.2 Å². The molecular weight excluding hydrogens is 239 g/mol. The van der Waals surface area contributed by atoms with Gasteiger partial charge < -0.3 is 5.01 Å². The summed E-state index contributed by atoms with van der Waals surface area (Å²) in [7, 11) is 0. The summed E-state index contributed by atoms with van der Waals surface area (Å²) in [4.78, 5) is 0. The Hall–Kier alpha value is -1.87. The van der Waals surface area contributed by atoms with Crippen molar-refractivity contribution < 1.29 is 4.39 Å². The Morgan fingerprint density at radius 1 is 1.16 bits per heavy atom. The molecule has 0 aliphatic carbocycles. The molecule has 2 aromatic rings. The first-order valence-electron chi connectivity index (χ1n) is 6.51. The lowest BCUT2D eigenvalue weighted by molar-refractivity contribution is 0.608. The Kier molecular flexibility index (Phi) is 2.99. The van der Waals surface area contributed by atoms with Crippen molar-refractivity contribution in [3.05, 3.63) is 65.0 Å². The number of anilines is 1. The zero-order valence-electron chi connectivity index (χ0n) is 10.9. The van der Waals surface area contributed by atoms with Gasteiger partial charge in [-0.15, -0.1) is 0 Å². The summed E-state index contributed by atoms with van der Waals surface area (Å²) < 4.78 is 13.0. The minimum atomic E-state index is -0.194. The van der Waals surface area contributed by atoms with E-state index in [9.17, 15) is 4.39 Å². The smallest absolute Gasteiger partial charge is 0.123 e. The van der Waals surface area contributed by atoms with E-state index in [4.69, 9.17) is 5.84 Å². The van der Waals surface area contributed by atoms with Crippen LogP contribution in [0.25, 0.3) is 0 Å². The highest BCUT2D eigenvalue weighted by atomic mass is 19.1. The third-order valence-electron chi connectivity index (χ3n) is 3.77. The molecule has 1 heterocycles. The highest BCUT2D eigenvalue weighted by molar-refractivity contribution is 5.57. The summed E-state index contributed by atoms with van der Waals surface area (Å²) in [5, 5.41) is 1.80. The van der Waals surface area contributed by atoms with Crippen LogP contribution in [-0.4, -0.2) is 6.54 Å². The van der Waals surface area contributed by atoms with Crippen LogP contribution in [0.15, 0.2) is 42.5 Å². The lowest BCUT2D eigenvalue weighted by Gasteiger charge is -2.33. The van der Waals surface area contributed by atoms with Gasteiger partial charge in [-0.3, -0.25) is 0 Å². The van der Waals surface area contributed by atoms with E-state index in [2.05, 4.69) is 25.1 Å². The molecule has 1 atom stereocenters. The van der Waals surface area contributed by atoms with Crippen LogP contribution in [0.1, 0.15) is 22.6 Å². The fraction of sp³-hybridized carbons (Fsp3) is 0.250. The fourth-order valence-electron chi connectivity index (χ4n) is 2.78. The van der Waals surface area contributed by atoms with Crippen molar-refractivity contribution in [1.29, 1.82) is 0 Å². The molecule has 1 aliphatic rings. The Morgan fingerprint density at radius 2 is 1.89 bits per heavy atom. The van der Waals surface area contributed by atoms with Crippen molar-refractivity contribution in [1.82, 2.24) is 0 Å². The maximum absolute atomic E-state index is 13.0. The molecule has 19 heavy (non-hydrogen) atoms. The van der Waals surface area contributed by atoms with Gasteiger partial charge in [-0.25, -0.2) is 10.2 Å². The standard InChI is InChI=1S/C16H17FN2/c1-11-2-7-16-13(8-11)9-14(10-19(16)18)12-3-5-15(17)6-4-12/h2-8,14H,9-10,18H2,1H3. The minimum Gasteiger partial charge on any atom is -0.310 e. The predicted molar refractivity (Wildman–Crippen MR) is 75.6 cm³/mol. The third-order valence-corrected chi connectivity index (χ3v) is 3.77. The third kappa shape index (κ3) is 2.34. The molecule has 3 heteroatoms. The number of fused-ring (bicyclic) bond motifs is 1. The number of rotatable bonds is 1. The van der Waals surface area contributed by atoms with E-state index >= 15 is 0 Å². The van der Waals surface area contributed by atoms with Crippen molar-refractivity contribution >= 4 is 5.69 Å². The van der Waals surface area contributed by atoms with E-state index in [-0.39, 0.29) is 5.82 Å². The second-order valence-corrected chi connectivity index (χ2v) is 5.24. The van der Waals surface area contributed by atoms with Gasteiger partial charge in [0.2, 0.25) is 0 Å². The summed E-state index contributed by atoms with van der Waals surface area (Å²) in [6, 6.07) is 13.1. The van der Waals surface area contributed by atoms with E-state index in [1.54, 1.807) is 5.01 Å². The zero-order chi connectivity index (χ0) is 13.4. The second-order valence-electron chi connectivity index (χ2n) is 5.24. The van der Waals surface area contributed by atoms with Gasteiger partial charge in [0, 0.05) is 12.5 Å². The Labute approximate surface area is 112 Å². The largest absolute Gasteiger partial charge is 0.310 e. The normalized spacial score (nSPS) is 18.3. The van der Waals surface area contributed by atoms with Gasteiger partial charge in [0.15, 0.2) is 0 Å². The number of hydrazine groups is 1. The molecule has 2 nitrogen and oxygen atoms in total. The van der Waals surface area contributed by atoms with Crippen molar-refractivity contribution in [3.8, 4) is 0 Å². The number of hydrogen-bond donors (Lipinski definition) is 1. The number of halogens is 1. The molecule has 0 radical (unpaired) electrons. The molecule has 2 N–H and O–H groups in total. The van der Waals surface area contributed by atoms with Gasteiger partial charge in [0.25, 0.3) is 0 Å². The van der Waals surface area contributed by atoms with Gasteiger partial charge in [0.05, 0.1) is 5.69 Å². The first-order valence-corrected chi connectivity index (χ1v) is 6.51. The number of hydrogen-bond acceptors (Lipinski definition) is 2. The van der Waals surface area contributed by atoms with Crippen LogP contribution in [0.5, 0.6) is 0 Å². The second kappa shape index (κ2) is 4.67. The lowest BCUT2D eigenvalue weighted by Crippen LogP contribution is -2.39. The van der Waals surface area contributed by atoms with Gasteiger partial charge in [-0.1, -0.05) is 29.8 Å².